The van der Waals surface area contributed by atoms with E-state index in [-0.39, 0.29) is 11.9 Å². The van der Waals surface area contributed by atoms with E-state index in [1.54, 1.807) is 16.9 Å². The molecule has 2 aromatic heterocycles. The minimum absolute atomic E-state index is 0.0932. The lowest BCUT2D eigenvalue weighted by molar-refractivity contribution is 0.0929. The summed E-state index contributed by atoms with van der Waals surface area (Å²) in [5.41, 5.74) is 3.55. The van der Waals surface area contributed by atoms with Crippen molar-refractivity contribution in [3.05, 3.63) is 77.2 Å². The molecule has 0 aliphatic carbocycles. The third-order valence-electron chi connectivity index (χ3n) is 4.29. The molecule has 0 radical (unpaired) electrons. The SMILES string of the molecule is Cc1cc(C)n(-c2ccc(C(=O)NC(CN(C)C)c3ccccc3)cn2)n1. The first-order valence-corrected chi connectivity index (χ1v) is 8.94. The zero-order valence-electron chi connectivity index (χ0n) is 16.2. The van der Waals surface area contributed by atoms with Crippen LogP contribution in [0.1, 0.15) is 33.4 Å². The maximum atomic E-state index is 12.7. The van der Waals surface area contributed by atoms with Crippen molar-refractivity contribution in [1.29, 1.82) is 0 Å². The summed E-state index contributed by atoms with van der Waals surface area (Å²) in [7, 11) is 3.99. The molecule has 0 spiro atoms. The molecule has 1 amide bonds. The van der Waals surface area contributed by atoms with Crippen molar-refractivity contribution in [2.75, 3.05) is 20.6 Å². The van der Waals surface area contributed by atoms with E-state index in [9.17, 15) is 4.79 Å². The Morgan fingerprint density at radius 1 is 1.15 bits per heavy atom. The molecule has 6 heteroatoms. The van der Waals surface area contributed by atoms with E-state index in [4.69, 9.17) is 0 Å². The molecule has 0 aliphatic rings. The quantitative estimate of drug-likeness (QED) is 0.731. The molecular formula is C21H25N5O. The summed E-state index contributed by atoms with van der Waals surface area (Å²) >= 11 is 0. The van der Waals surface area contributed by atoms with Crippen molar-refractivity contribution < 1.29 is 4.79 Å². The molecular weight excluding hydrogens is 338 g/mol. The summed E-state index contributed by atoms with van der Waals surface area (Å²) in [6.45, 7) is 4.64. The van der Waals surface area contributed by atoms with Crippen LogP contribution < -0.4 is 5.32 Å². The fourth-order valence-electron chi connectivity index (χ4n) is 3.03. The summed E-state index contributed by atoms with van der Waals surface area (Å²) in [6.07, 6.45) is 1.60. The first-order chi connectivity index (χ1) is 12.9. The second kappa shape index (κ2) is 8.14. The van der Waals surface area contributed by atoms with Crippen molar-refractivity contribution in [1.82, 2.24) is 25.0 Å². The first-order valence-electron chi connectivity index (χ1n) is 8.94. The van der Waals surface area contributed by atoms with Gasteiger partial charge in [0.2, 0.25) is 0 Å². The van der Waals surface area contributed by atoms with Crippen molar-refractivity contribution in [3.8, 4) is 5.82 Å². The predicted molar refractivity (Wildman–Crippen MR) is 106 cm³/mol. The number of hydrogen-bond acceptors (Lipinski definition) is 4. The minimum atomic E-state index is -0.141. The standard InChI is InChI=1S/C21H25N5O/c1-15-12-16(2)26(24-15)20-11-10-18(13-22-20)21(27)23-19(14-25(3)4)17-8-6-5-7-9-17/h5-13,19H,14H2,1-4H3,(H,23,27). The van der Waals surface area contributed by atoms with Gasteiger partial charge in [-0.3, -0.25) is 4.79 Å². The maximum Gasteiger partial charge on any atom is 0.253 e. The van der Waals surface area contributed by atoms with Gasteiger partial charge in [0.25, 0.3) is 5.91 Å². The number of rotatable bonds is 6. The smallest absolute Gasteiger partial charge is 0.253 e. The molecule has 140 valence electrons. The van der Waals surface area contributed by atoms with Crippen molar-refractivity contribution in [2.24, 2.45) is 0 Å². The molecule has 1 atom stereocenters. The van der Waals surface area contributed by atoms with Gasteiger partial charge < -0.3 is 10.2 Å². The highest BCUT2D eigenvalue weighted by Gasteiger charge is 2.17. The summed E-state index contributed by atoms with van der Waals surface area (Å²) in [5.74, 6) is 0.558. The molecule has 27 heavy (non-hydrogen) atoms. The predicted octanol–water partition coefficient (Wildman–Crippen LogP) is 2.92. The van der Waals surface area contributed by atoms with E-state index < -0.39 is 0 Å². The number of nitrogens with one attached hydrogen (secondary N) is 1. The number of likely N-dealkylation sites (N-methyl/N-ethyl adjacent to an activating group) is 1. The van der Waals surface area contributed by atoms with E-state index in [1.165, 1.54) is 0 Å². The fraction of sp³-hybridized carbons (Fsp3) is 0.286. The summed E-state index contributed by atoms with van der Waals surface area (Å²) in [6, 6.07) is 15.5. The number of benzene rings is 1. The van der Waals surface area contributed by atoms with Gasteiger partial charge in [-0.25, -0.2) is 9.67 Å². The molecule has 1 unspecified atom stereocenters. The summed E-state index contributed by atoms with van der Waals surface area (Å²) in [5, 5.41) is 7.54. The molecule has 1 aromatic carbocycles. The fourth-order valence-corrected chi connectivity index (χ4v) is 3.03. The number of aryl methyl sites for hydroxylation is 2. The van der Waals surface area contributed by atoms with Crippen LogP contribution in [0.15, 0.2) is 54.7 Å². The molecule has 1 N–H and O–H groups in total. The molecule has 2 heterocycles. The molecule has 0 saturated carbocycles. The van der Waals surface area contributed by atoms with Crippen LogP contribution in [-0.4, -0.2) is 46.2 Å². The summed E-state index contributed by atoms with van der Waals surface area (Å²) < 4.78 is 1.77. The molecule has 0 bridgehead atoms. The zero-order chi connectivity index (χ0) is 19.4. The summed E-state index contributed by atoms with van der Waals surface area (Å²) in [4.78, 5) is 19.2. The Hall–Kier alpha value is -2.99. The first kappa shape index (κ1) is 18.8. The normalized spacial score (nSPS) is 12.2. The molecule has 0 aliphatic heterocycles. The van der Waals surface area contributed by atoms with Crippen LogP contribution in [0.2, 0.25) is 0 Å². The number of pyridine rings is 1. The van der Waals surface area contributed by atoms with Gasteiger partial charge in [0, 0.05) is 18.4 Å². The van der Waals surface area contributed by atoms with Gasteiger partial charge in [-0.05, 0) is 51.7 Å². The number of nitrogens with zero attached hydrogens (tertiary/aromatic N) is 4. The van der Waals surface area contributed by atoms with E-state index in [1.807, 2.05) is 70.4 Å². The number of amides is 1. The number of aromatic nitrogens is 3. The lowest BCUT2D eigenvalue weighted by Gasteiger charge is -2.23. The van der Waals surface area contributed by atoms with Crippen molar-refractivity contribution in [2.45, 2.75) is 19.9 Å². The Bertz CT molecular complexity index is 900. The lowest BCUT2D eigenvalue weighted by Crippen LogP contribution is -2.35. The highest BCUT2D eigenvalue weighted by Crippen LogP contribution is 2.15. The van der Waals surface area contributed by atoms with Gasteiger partial charge in [-0.2, -0.15) is 5.10 Å². The van der Waals surface area contributed by atoms with Crippen LogP contribution in [0.5, 0.6) is 0 Å². The van der Waals surface area contributed by atoms with E-state index in [0.29, 0.717) is 17.9 Å². The minimum Gasteiger partial charge on any atom is -0.344 e. The Balaban J connectivity index is 1.77. The van der Waals surface area contributed by atoms with Crippen LogP contribution in [-0.2, 0) is 0 Å². The van der Waals surface area contributed by atoms with Crippen LogP contribution in [0.25, 0.3) is 5.82 Å². The van der Waals surface area contributed by atoms with Gasteiger partial charge in [0.15, 0.2) is 5.82 Å². The largest absolute Gasteiger partial charge is 0.344 e. The van der Waals surface area contributed by atoms with Crippen LogP contribution in [0, 0.1) is 13.8 Å². The van der Waals surface area contributed by atoms with Crippen molar-refractivity contribution >= 4 is 5.91 Å². The Morgan fingerprint density at radius 3 is 2.44 bits per heavy atom. The van der Waals surface area contributed by atoms with Gasteiger partial charge >= 0.3 is 0 Å². The average Bonchev–Trinajstić information content (AvgIpc) is 3.00. The Morgan fingerprint density at radius 2 is 1.89 bits per heavy atom. The molecule has 6 nitrogen and oxygen atoms in total. The zero-order valence-corrected chi connectivity index (χ0v) is 16.2. The highest BCUT2D eigenvalue weighted by molar-refractivity contribution is 5.94. The average molecular weight is 363 g/mol. The number of carbonyl (C=O) groups excluding carboxylic acids is 1. The molecule has 0 saturated heterocycles. The second-order valence-corrected chi connectivity index (χ2v) is 6.94. The van der Waals surface area contributed by atoms with Crippen LogP contribution >= 0.6 is 0 Å². The van der Waals surface area contributed by atoms with Crippen LogP contribution in [0.3, 0.4) is 0 Å². The topological polar surface area (TPSA) is 63.1 Å². The Labute approximate surface area is 159 Å². The van der Waals surface area contributed by atoms with Gasteiger partial charge in [0.1, 0.15) is 0 Å². The Kier molecular flexibility index (Phi) is 5.66. The maximum absolute atomic E-state index is 12.7. The van der Waals surface area contributed by atoms with E-state index >= 15 is 0 Å². The highest BCUT2D eigenvalue weighted by atomic mass is 16.1. The number of carbonyl (C=O) groups is 1. The molecule has 3 aromatic rings. The lowest BCUT2D eigenvalue weighted by atomic mass is 10.1. The number of hydrogen-bond donors (Lipinski definition) is 1. The van der Waals surface area contributed by atoms with Gasteiger partial charge in [-0.1, -0.05) is 30.3 Å². The van der Waals surface area contributed by atoms with E-state index in [0.717, 1.165) is 17.0 Å². The van der Waals surface area contributed by atoms with Gasteiger partial charge in [0.05, 0.1) is 17.3 Å². The molecule has 3 rings (SSSR count). The second-order valence-electron chi connectivity index (χ2n) is 6.94. The van der Waals surface area contributed by atoms with Gasteiger partial charge in [-0.15, -0.1) is 0 Å². The monoisotopic (exact) mass is 363 g/mol. The van der Waals surface area contributed by atoms with E-state index in [2.05, 4.69) is 20.3 Å². The van der Waals surface area contributed by atoms with Crippen molar-refractivity contribution in [3.63, 3.8) is 0 Å². The third-order valence-corrected chi connectivity index (χ3v) is 4.29. The molecule has 0 fully saturated rings. The third kappa shape index (κ3) is 4.60. The van der Waals surface area contributed by atoms with Crippen LogP contribution in [0.4, 0.5) is 0 Å².